The van der Waals surface area contributed by atoms with E-state index in [2.05, 4.69) is 53.4 Å². The maximum Gasteiger partial charge on any atom is 0.271 e. The van der Waals surface area contributed by atoms with Crippen molar-refractivity contribution in [3.05, 3.63) is 63.7 Å². The number of carbonyl (C=O) groups excluding carboxylic acids is 1. The van der Waals surface area contributed by atoms with Gasteiger partial charge in [0.2, 0.25) is 11.1 Å². The number of aromatic nitrogens is 3. The normalized spacial score (nSPS) is 11.3. The van der Waals surface area contributed by atoms with Gasteiger partial charge in [-0.05, 0) is 23.5 Å². The molecule has 8 nitrogen and oxygen atoms in total. The molecule has 3 rings (SSSR count). The number of non-ortho nitro benzene ring substituents is 1. The van der Waals surface area contributed by atoms with Crippen LogP contribution in [0.5, 0.6) is 0 Å². The van der Waals surface area contributed by atoms with Crippen LogP contribution in [-0.2, 0) is 10.2 Å². The van der Waals surface area contributed by atoms with Crippen molar-refractivity contribution in [1.82, 2.24) is 15.2 Å². The Morgan fingerprint density at radius 1 is 1.20 bits per heavy atom. The first-order valence-electron chi connectivity index (χ1n) is 9.34. The molecule has 3 aromatic rings. The summed E-state index contributed by atoms with van der Waals surface area (Å²) in [7, 11) is 0. The quantitative estimate of drug-likeness (QED) is 0.336. The molecule has 0 spiro atoms. The number of thioether (sulfide) groups is 1. The lowest BCUT2D eigenvalue weighted by molar-refractivity contribution is -0.384. The Morgan fingerprint density at radius 2 is 1.90 bits per heavy atom. The van der Waals surface area contributed by atoms with E-state index in [4.69, 9.17) is 0 Å². The minimum atomic E-state index is -0.493. The summed E-state index contributed by atoms with van der Waals surface area (Å²) in [6, 6.07) is 12.5. The average molecular weight is 426 g/mol. The highest BCUT2D eigenvalue weighted by Crippen LogP contribution is 2.26. The lowest BCUT2D eigenvalue weighted by Gasteiger charge is -2.18. The number of aryl methyl sites for hydroxylation is 1. The molecule has 0 saturated heterocycles. The lowest BCUT2D eigenvalue weighted by atomic mass is 9.87. The number of benzene rings is 2. The molecule has 0 aliphatic heterocycles. The first-order valence-corrected chi connectivity index (χ1v) is 10.3. The van der Waals surface area contributed by atoms with E-state index in [9.17, 15) is 14.9 Å². The SMILES string of the molecule is Cc1ccc([N+](=O)[O-])cc1NC(=O)CSc1n[nH]c(-c2ccc(C(C)(C)C)cc2)n1. The number of hydrogen-bond acceptors (Lipinski definition) is 6. The molecule has 1 heterocycles. The molecule has 0 saturated carbocycles. The largest absolute Gasteiger partial charge is 0.325 e. The number of nitrogens with zero attached hydrogens (tertiary/aromatic N) is 3. The number of aromatic amines is 1. The summed E-state index contributed by atoms with van der Waals surface area (Å²) >= 11 is 1.19. The van der Waals surface area contributed by atoms with Gasteiger partial charge >= 0.3 is 0 Å². The number of hydrogen-bond donors (Lipinski definition) is 2. The maximum atomic E-state index is 12.3. The zero-order valence-electron chi connectivity index (χ0n) is 17.2. The summed E-state index contributed by atoms with van der Waals surface area (Å²) in [6.45, 7) is 8.25. The van der Waals surface area contributed by atoms with Gasteiger partial charge in [-0.3, -0.25) is 20.0 Å². The van der Waals surface area contributed by atoms with E-state index in [1.54, 1.807) is 13.0 Å². The molecular weight excluding hydrogens is 402 g/mol. The van der Waals surface area contributed by atoms with E-state index in [0.717, 1.165) is 11.1 Å². The molecule has 156 valence electrons. The van der Waals surface area contributed by atoms with Crippen LogP contribution in [0.4, 0.5) is 11.4 Å². The van der Waals surface area contributed by atoms with E-state index in [1.165, 1.54) is 29.5 Å². The van der Waals surface area contributed by atoms with E-state index in [-0.39, 0.29) is 22.8 Å². The number of nitrogens with one attached hydrogen (secondary N) is 2. The standard InChI is InChI=1S/C21H23N5O3S/c1-13-5-10-16(26(28)29)11-17(13)22-18(27)12-30-20-23-19(24-25-20)14-6-8-15(9-7-14)21(2,3)4/h5-11H,12H2,1-4H3,(H,22,27)(H,23,24,25). The Bertz CT molecular complexity index is 1070. The number of carbonyl (C=O) groups is 1. The molecule has 0 bridgehead atoms. The fourth-order valence-electron chi connectivity index (χ4n) is 2.74. The highest BCUT2D eigenvalue weighted by Gasteiger charge is 2.15. The predicted octanol–water partition coefficient (Wildman–Crippen LogP) is 4.72. The molecule has 2 aromatic carbocycles. The second-order valence-electron chi connectivity index (χ2n) is 7.89. The molecule has 30 heavy (non-hydrogen) atoms. The van der Waals surface area contributed by atoms with Crippen molar-refractivity contribution in [3.63, 3.8) is 0 Å². The van der Waals surface area contributed by atoms with Crippen LogP contribution in [0.1, 0.15) is 31.9 Å². The van der Waals surface area contributed by atoms with E-state index in [0.29, 0.717) is 16.7 Å². The van der Waals surface area contributed by atoms with Gasteiger partial charge in [-0.2, -0.15) is 0 Å². The van der Waals surface area contributed by atoms with Gasteiger partial charge in [-0.1, -0.05) is 62.9 Å². The number of anilines is 1. The van der Waals surface area contributed by atoms with Crippen LogP contribution in [0.2, 0.25) is 0 Å². The van der Waals surface area contributed by atoms with E-state index in [1.807, 2.05) is 12.1 Å². The summed E-state index contributed by atoms with van der Waals surface area (Å²) in [5, 5.41) is 21.1. The Morgan fingerprint density at radius 3 is 2.53 bits per heavy atom. The van der Waals surface area contributed by atoms with Gasteiger partial charge in [0.05, 0.1) is 16.4 Å². The van der Waals surface area contributed by atoms with Gasteiger partial charge in [-0.15, -0.1) is 5.10 Å². The topological polar surface area (TPSA) is 114 Å². The molecule has 0 atom stereocenters. The van der Waals surface area contributed by atoms with Crippen LogP contribution in [-0.4, -0.2) is 31.8 Å². The van der Waals surface area contributed by atoms with Crippen LogP contribution < -0.4 is 5.32 Å². The van der Waals surface area contributed by atoms with Gasteiger partial charge in [0.25, 0.3) is 5.69 Å². The van der Waals surface area contributed by atoms with Crippen LogP contribution in [0.15, 0.2) is 47.6 Å². The fraction of sp³-hybridized carbons (Fsp3) is 0.286. The van der Waals surface area contributed by atoms with Gasteiger partial charge in [0.15, 0.2) is 5.82 Å². The second-order valence-corrected chi connectivity index (χ2v) is 8.83. The molecule has 2 N–H and O–H groups in total. The van der Waals surface area contributed by atoms with Gasteiger partial charge < -0.3 is 5.32 Å². The number of nitro benzene ring substituents is 1. The molecule has 1 aromatic heterocycles. The summed E-state index contributed by atoms with van der Waals surface area (Å²) in [4.78, 5) is 27.1. The Labute approximate surface area is 178 Å². The minimum absolute atomic E-state index is 0.0698. The molecule has 0 aliphatic rings. The Hall–Kier alpha value is -3.20. The van der Waals surface area contributed by atoms with Crippen molar-refractivity contribution in [1.29, 1.82) is 0 Å². The zero-order chi connectivity index (χ0) is 21.9. The number of H-pyrrole nitrogens is 1. The minimum Gasteiger partial charge on any atom is -0.325 e. The van der Waals surface area contributed by atoms with Crippen molar-refractivity contribution in [2.75, 3.05) is 11.1 Å². The molecule has 0 unspecified atom stereocenters. The molecular formula is C21H23N5O3S. The average Bonchev–Trinajstić information content (AvgIpc) is 3.16. The highest BCUT2D eigenvalue weighted by molar-refractivity contribution is 7.99. The third-order valence-electron chi connectivity index (χ3n) is 4.53. The molecule has 1 amide bonds. The smallest absolute Gasteiger partial charge is 0.271 e. The first kappa shape index (κ1) is 21.5. The van der Waals surface area contributed by atoms with Crippen molar-refractivity contribution in [3.8, 4) is 11.4 Å². The number of nitro groups is 1. The summed E-state index contributed by atoms with van der Waals surface area (Å²) < 4.78 is 0. The molecule has 0 fully saturated rings. The first-order chi connectivity index (χ1) is 14.1. The Kier molecular flexibility index (Phi) is 6.21. The van der Waals surface area contributed by atoms with Gasteiger partial charge in [-0.25, -0.2) is 4.98 Å². The van der Waals surface area contributed by atoms with Gasteiger partial charge in [0, 0.05) is 17.7 Å². The van der Waals surface area contributed by atoms with Crippen molar-refractivity contribution >= 4 is 29.0 Å². The summed E-state index contributed by atoms with van der Waals surface area (Å²) in [5.41, 5.74) is 3.32. The third-order valence-corrected chi connectivity index (χ3v) is 5.37. The van der Waals surface area contributed by atoms with E-state index >= 15 is 0 Å². The molecule has 0 aliphatic carbocycles. The number of amides is 1. The molecule has 9 heteroatoms. The van der Waals surface area contributed by atoms with Crippen LogP contribution in [0.3, 0.4) is 0 Å². The monoisotopic (exact) mass is 425 g/mol. The van der Waals surface area contributed by atoms with Crippen molar-refractivity contribution in [2.45, 2.75) is 38.3 Å². The van der Waals surface area contributed by atoms with Crippen LogP contribution in [0, 0.1) is 17.0 Å². The second kappa shape index (κ2) is 8.66. The van der Waals surface area contributed by atoms with Crippen LogP contribution in [0.25, 0.3) is 11.4 Å². The van der Waals surface area contributed by atoms with E-state index < -0.39 is 4.92 Å². The number of rotatable bonds is 6. The highest BCUT2D eigenvalue weighted by atomic mass is 32.2. The predicted molar refractivity (Wildman–Crippen MR) is 118 cm³/mol. The molecule has 0 radical (unpaired) electrons. The van der Waals surface area contributed by atoms with Crippen LogP contribution >= 0.6 is 11.8 Å². The third kappa shape index (κ3) is 5.24. The van der Waals surface area contributed by atoms with Crippen molar-refractivity contribution < 1.29 is 9.72 Å². The fourth-order valence-corrected chi connectivity index (χ4v) is 3.34. The summed E-state index contributed by atoms with van der Waals surface area (Å²) in [6.07, 6.45) is 0. The van der Waals surface area contributed by atoms with Crippen molar-refractivity contribution in [2.24, 2.45) is 0 Å². The summed E-state index contributed by atoms with van der Waals surface area (Å²) in [5.74, 6) is 0.430. The Balaban J connectivity index is 1.61. The lowest BCUT2D eigenvalue weighted by Crippen LogP contribution is -2.15. The zero-order valence-corrected chi connectivity index (χ0v) is 18.0. The maximum absolute atomic E-state index is 12.3. The van der Waals surface area contributed by atoms with Gasteiger partial charge in [0.1, 0.15) is 0 Å².